The molecule has 0 aromatic rings. The lowest BCUT2D eigenvalue weighted by molar-refractivity contribution is -0.160. The maximum absolute atomic E-state index is 11.6. The molecule has 0 rings (SSSR count). The van der Waals surface area contributed by atoms with Gasteiger partial charge < -0.3 is 4.74 Å². The van der Waals surface area contributed by atoms with Gasteiger partial charge in [-0.3, -0.25) is 9.59 Å². The van der Waals surface area contributed by atoms with Crippen molar-refractivity contribution in [2.24, 2.45) is 11.8 Å². The Bertz CT molecular complexity index is 235. The summed E-state index contributed by atoms with van der Waals surface area (Å²) >= 11 is 0. The molecular formula is C16H30O3. The van der Waals surface area contributed by atoms with Gasteiger partial charge in [0, 0.05) is 12.8 Å². The van der Waals surface area contributed by atoms with Gasteiger partial charge >= 0.3 is 11.9 Å². The number of hydrogen-bond donors (Lipinski definition) is 0. The van der Waals surface area contributed by atoms with Crippen molar-refractivity contribution in [2.75, 3.05) is 0 Å². The zero-order chi connectivity index (χ0) is 14.7. The van der Waals surface area contributed by atoms with Gasteiger partial charge in [-0.05, 0) is 11.8 Å². The molecule has 0 saturated carbocycles. The Morgan fingerprint density at radius 2 is 1.21 bits per heavy atom. The molecule has 19 heavy (non-hydrogen) atoms. The molecule has 0 aliphatic rings. The van der Waals surface area contributed by atoms with Gasteiger partial charge in [0.05, 0.1) is 0 Å². The highest BCUT2D eigenvalue weighted by molar-refractivity contribution is 5.85. The summed E-state index contributed by atoms with van der Waals surface area (Å²) in [7, 11) is 0. The van der Waals surface area contributed by atoms with E-state index in [9.17, 15) is 9.59 Å². The van der Waals surface area contributed by atoms with E-state index in [1.165, 1.54) is 0 Å². The third kappa shape index (κ3) is 10.7. The van der Waals surface area contributed by atoms with E-state index >= 15 is 0 Å². The Balaban J connectivity index is 3.82. The quantitative estimate of drug-likeness (QED) is 0.434. The van der Waals surface area contributed by atoms with E-state index in [4.69, 9.17) is 4.74 Å². The highest BCUT2D eigenvalue weighted by atomic mass is 16.6. The molecule has 0 spiro atoms. The van der Waals surface area contributed by atoms with Crippen molar-refractivity contribution in [3.63, 3.8) is 0 Å². The lowest BCUT2D eigenvalue weighted by Gasteiger charge is -2.11. The van der Waals surface area contributed by atoms with Crippen LogP contribution in [0.15, 0.2) is 0 Å². The topological polar surface area (TPSA) is 43.4 Å². The van der Waals surface area contributed by atoms with E-state index in [0.717, 1.165) is 38.5 Å². The highest BCUT2D eigenvalue weighted by Gasteiger charge is 2.16. The average molecular weight is 270 g/mol. The lowest BCUT2D eigenvalue weighted by atomic mass is 10.0. The summed E-state index contributed by atoms with van der Waals surface area (Å²) in [6.07, 6.45) is 7.26. The molecule has 0 N–H and O–H groups in total. The largest absolute Gasteiger partial charge is 0.393 e. The van der Waals surface area contributed by atoms with E-state index in [-0.39, 0.29) is 11.9 Å². The fourth-order valence-electron chi connectivity index (χ4n) is 2.09. The Hall–Kier alpha value is -0.860. The number of ether oxygens (including phenoxy) is 1. The van der Waals surface area contributed by atoms with Gasteiger partial charge in [0.15, 0.2) is 0 Å². The molecule has 0 saturated heterocycles. The normalized spacial score (nSPS) is 13.9. The number of unbranched alkanes of at least 4 members (excludes halogenated alkanes) is 2. The molecular weight excluding hydrogens is 240 g/mol. The summed E-state index contributed by atoms with van der Waals surface area (Å²) < 4.78 is 4.87. The van der Waals surface area contributed by atoms with Crippen molar-refractivity contribution in [3.8, 4) is 0 Å². The van der Waals surface area contributed by atoms with Gasteiger partial charge in [0.25, 0.3) is 0 Å². The summed E-state index contributed by atoms with van der Waals surface area (Å²) in [5, 5.41) is 0. The number of carbonyl (C=O) groups is 2. The van der Waals surface area contributed by atoms with E-state index in [1.807, 2.05) is 13.8 Å². The fraction of sp³-hybridized carbons (Fsp3) is 0.875. The number of hydrogen-bond acceptors (Lipinski definition) is 3. The van der Waals surface area contributed by atoms with Crippen LogP contribution < -0.4 is 0 Å². The van der Waals surface area contributed by atoms with Crippen LogP contribution in [-0.2, 0) is 14.3 Å². The molecule has 0 aliphatic heterocycles. The average Bonchev–Trinajstić information content (AvgIpc) is 2.33. The minimum atomic E-state index is -0.365. The smallest absolute Gasteiger partial charge is 0.313 e. The minimum Gasteiger partial charge on any atom is -0.393 e. The Labute approximate surface area is 118 Å². The van der Waals surface area contributed by atoms with Crippen LogP contribution in [0.5, 0.6) is 0 Å². The van der Waals surface area contributed by atoms with Crippen LogP contribution in [0.4, 0.5) is 0 Å². The van der Waals surface area contributed by atoms with Gasteiger partial charge in [-0.1, -0.05) is 66.2 Å². The Morgan fingerprint density at radius 3 is 1.53 bits per heavy atom. The van der Waals surface area contributed by atoms with Gasteiger partial charge in [-0.2, -0.15) is 0 Å². The van der Waals surface area contributed by atoms with E-state index in [1.54, 1.807) is 0 Å². The highest BCUT2D eigenvalue weighted by Crippen LogP contribution is 2.15. The van der Waals surface area contributed by atoms with Crippen LogP contribution in [-0.4, -0.2) is 11.9 Å². The van der Waals surface area contributed by atoms with Crippen molar-refractivity contribution >= 4 is 11.9 Å². The predicted molar refractivity (Wildman–Crippen MR) is 77.7 cm³/mol. The third-order valence-corrected chi connectivity index (χ3v) is 3.36. The van der Waals surface area contributed by atoms with Gasteiger partial charge in [-0.15, -0.1) is 0 Å². The zero-order valence-electron chi connectivity index (χ0n) is 13.0. The van der Waals surface area contributed by atoms with Crippen molar-refractivity contribution in [3.05, 3.63) is 0 Å². The third-order valence-electron chi connectivity index (χ3n) is 3.36. The van der Waals surface area contributed by atoms with Crippen LogP contribution in [0.3, 0.4) is 0 Å². The van der Waals surface area contributed by atoms with Crippen LogP contribution in [0, 0.1) is 11.8 Å². The van der Waals surface area contributed by atoms with Crippen molar-refractivity contribution < 1.29 is 14.3 Å². The lowest BCUT2D eigenvalue weighted by Crippen LogP contribution is -2.17. The first kappa shape index (κ1) is 18.1. The Morgan fingerprint density at radius 1 is 0.842 bits per heavy atom. The number of esters is 2. The monoisotopic (exact) mass is 270 g/mol. The maximum Gasteiger partial charge on any atom is 0.313 e. The molecule has 2 unspecified atom stereocenters. The zero-order valence-corrected chi connectivity index (χ0v) is 13.0. The second-order valence-corrected chi connectivity index (χ2v) is 5.75. The molecule has 3 nitrogen and oxygen atoms in total. The molecule has 0 bridgehead atoms. The molecule has 0 aliphatic carbocycles. The molecule has 2 atom stereocenters. The predicted octanol–water partition coefficient (Wildman–Crippen LogP) is 4.49. The first-order valence-corrected chi connectivity index (χ1v) is 7.73. The summed E-state index contributed by atoms with van der Waals surface area (Å²) in [5.74, 6) is -0.122. The van der Waals surface area contributed by atoms with Gasteiger partial charge in [-0.25, -0.2) is 0 Å². The van der Waals surface area contributed by atoms with E-state index in [0.29, 0.717) is 24.7 Å². The number of carbonyl (C=O) groups excluding carboxylic acids is 2. The van der Waals surface area contributed by atoms with Crippen LogP contribution in [0.1, 0.15) is 79.1 Å². The van der Waals surface area contributed by atoms with E-state index in [2.05, 4.69) is 13.8 Å². The summed E-state index contributed by atoms with van der Waals surface area (Å²) in [5.41, 5.74) is 0. The first-order valence-electron chi connectivity index (χ1n) is 7.73. The number of rotatable bonds is 10. The second-order valence-electron chi connectivity index (χ2n) is 5.75. The van der Waals surface area contributed by atoms with Crippen LogP contribution >= 0.6 is 0 Å². The molecule has 0 radical (unpaired) electrons. The van der Waals surface area contributed by atoms with Gasteiger partial charge in [0.1, 0.15) is 0 Å². The standard InChI is InChI=1S/C16H30O3/c1-5-7-9-13(3)11-15(17)19-16(18)12-14(4)10-8-6-2/h13-14H,5-12H2,1-4H3. The maximum atomic E-state index is 11.6. The van der Waals surface area contributed by atoms with Gasteiger partial charge in [0.2, 0.25) is 0 Å². The first-order chi connectivity index (χ1) is 8.99. The van der Waals surface area contributed by atoms with Crippen molar-refractivity contribution in [1.29, 1.82) is 0 Å². The molecule has 0 heterocycles. The molecule has 0 amide bonds. The molecule has 0 fully saturated rings. The molecule has 112 valence electrons. The fourth-order valence-corrected chi connectivity index (χ4v) is 2.09. The summed E-state index contributed by atoms with van der Waals surface area (Å²) in [6, 6.07) is 0. The molecule has 0 aromatic heterocycles. The molecule has 3 heteroatoms. The SMILES string of the molecule is CCCCC(C)CC(=O)OC(=O)CC(C)CCCC. The van der Waals surface area contributed by atoms with Crippen molar-refractivity contribution in [1.82, 2.24) is 0 Å². The summed E-state index contributed by atoms with van der Waals surface area (Å²) in [6.45, 7) is 8.33. The second kappa shape index (κ2) is 11.0. The van der Waals surface area contributed by atoms with Crippen molar-refractivity contribution in [2.45, 2.75) is 79.1 Å². The Kier molecular flexibility index (Phi) is 10.5. The minimum absolute atomic E-state index is 0.303. The summed E-state index contributed by atoms with van der Waals surface area (Å²) in [4.78, 5) is 23.2. The van der Waals surface area contributed by atoms with Crippen LogP contribution in [0.2, 0.25) is 0 Å². The van der Waals surface area contributed by atoms with Crippen LogP contribution in [0.25, 0.3) is 0 Å². The molecule has 0 aromatic carbocycles. The van der Waals surface area contributed by atoms with E-state index < -0.39 is 0 Å².